The van der Waals surface area contributed by atoms with Gasteiger partial charge in [-0.1, -0.05) is 19.8 Å². The van der Waals surface area contributed by atoms with Crippen LogP contribution in [0, 0.1) is 23.5 Å². The third-order valence-electron chi connectivity index (χ3n) is 3.45. The monoisotopic (exact) mass is 238 g/mol. The van der Waals surface area contributed by atoms with Crippen molar-refractivity contribution in [3.05, 3.63) is 35.4 Å². The number of Topliss-reactive ketones (excluding diaryl/α,β-unsaturated/α-hetero) is 1. The second-order valence-corrected chi connectivity index (χ2v) is 4.99. The molecule has 0 aliphatic heterocycles. The van der Waals surface area contributed by atoms with Crippen LogP contribution < -0.4 is 0 Å². The average Bonchev–Trinajstić information content (AvgIpc) is 2.26. The summed E-state index contributed by atoms with van der Waals surface area (Å²) < 4.78 is 26.1. The molecule has 17 heavy (non-hydrogen) atoms. The van der Waals surface area contributed by atoms with Crippen molar-refractivity contribution in [2.75, 3.05) is 0 Å². The van der Waals surface area contributed by atoms with Crippen molar-refractivity contribution in [2.24, 2.45) is 11.8 Å². The molecule has 1 aliphatic rings. The van der Waals surface area contributed by atoms with Crippen molar-refractivity contribution in [1.82, 2.24) is 0 Å². The average molecular weight is 238 g/mol. The maximum absolute atomic E-state index is 13.0. The Balaban J connectivity index is 2.18. The van der Waals surface area contributed by atoms with Gasteiger partial charge >= 0.3 is 0 Å². The fraction of sp³-hybridized carbons (Fsp3) is 0.500. The molecule has 2 rings (SSSR count). The van der Waals surface area contributed by atoms with E-state index in [1.54, 1.807) is 0 Å². The molecule has 0 amide bonds. The van der Waals surface area contributed by atoms with Gasteiger partial charge in [0.25, 0.3) is 0 Å². The number of carbonyl (C=O) groups excluding carboxylic acids is 1. The summed E-state index contributed by atoms with van der Waals surface area (Å²) in [6, 6.07) is 3.05. The molecule has 0 N–H and O–H groups in total. The lowest BCUT2D eigenvalue weighted by Gasteiger charge is -2.25. The Morgan fingerprint density at radius 2 is 1.82 bits per heavy atom. The Hall–Kier alpha value is -1.25. The van der Waals surface area contributed by atoms with Crippen LogP contribution in [0.5, 0.6) is 0 Å². The standard InChI is InChI=1S/C14H16F2O/c1-9-3-2-4-10(5-9)14(17)11-6-12(15)8-13(16)7-11/h6-10H,2-5H2,1H3. The van der Waals surface area contributed by atoms with E-state index in [0.29, 0.717) is 5.92 Å². The van der Waals surface area contributed by atoms with E-state index in [2.05, 4.69) is 6.92 Å². The van der Waals surface area contributed by atoms with E-state index in [1.165, 1.54) is 0 Å². The predicted octanol–water partition coefficient (Wildman–Crippen LogP) is 3.97. The Morgan fingerprint density at radius 3 is 2.41 bits per heavy atom. The van der Waals surface area contributed by atoms with E-state index in [9.17, 15) is 13.6 Å². The summed E-state index contributed by atoms with van der Waals surface area (Å²) in [5, 5.41) is 0. The van der Waals surface area contributed by atoms with Gasteiger partial charge in [-0.3, -0.25) is 4.79 Å². The summed E-state index contributed by atoms with van der Waals surface area (Å²) in [4.78, 5) is 12.1. The number of rotatable bonds is 2. The first kappa shape index (κ1) is 12.2. The van der Waals surface area contributed by atoms with Gasteiger partial charge in [-0.05, 0) is 30.9 Å². The normalized spacial score (nSPS) is 24.6. The molecular weight excluding hydrogens is 222 g/mol. The topological polar surface area (TPSA) is 17.1 Å². The quantitative estimate of drug-likeness (QED) is 0.712. The molecule has 0 spiro atoms. The molecule has 2 unspecified atom stereocenters. The van der Waals surface area contributed by atoms with E-state index < -0.39 is 11.6 Å². The highest BCUT2D eigenvalue weighted by Gasteiger charge is 2.26. The molecule has 0 heterocycles. The van der Waals surface area contributed by atoms with Crippen molar-refractivity contribution in [2.45, 2.75) is 32.6 Å². The van der Waals surface area contributed by atoms with Crippen LogP contribution in [-0.2, 0) is 0 Å². The molecule has 0 saturated heterocycles. The summed E-state index contributed by atoms with van der Waals surface area (Å²) >= 11 is 0. The molecule has 1 saturated carbocycles. The number of hydrogen-bond donors (Lipinski definition) is 0. The fourth-order valence-electron chi connectivity index (χ4n) is 2.60. The van der Waals surface area contributed by atoms with Crippen LogP contribution in [0.1, 0.15) is 43.0 Å². The smallest absolute Gasteiger partial charge is 0.166 e. The van der Waals surface area contributed by atoms with Gasteiger partial charge in [0, 0.05) is 17.5 Å². The van der Waals surface area contributed by atoms with Crippen molar-refractivity contribution in [3.63, 3.8) is 0 Å². The number of ketones is 1. The number of hydrogen-bond acceptors (Lipinski definition) is 1. The number of carbonyl (C=O) groups is 1. The fourth-order valence-corrected chi connectivity index (χ4v) is 2.60. The van der Waals surface area contributed by atoms with Gasteiger partial charge in [-0.25, -0.2) is 8.78 Å². The second kappa shape index (κ2) is 4.94. The minimum atomic E-state index is -0.683. The van der Waals surface area contributed by atoms with Crippen molar-refractivity contribution in [3.8, 4) is 0 Å². The zero-order chi connectivity index (χ0) is 12.4. The highest BCUT2D eigenvalue weighted by Crippen LogP contribution is 2.31. The molecule has 0 aromatic heterocycles. The van der Waals surface area contributed by atoms with Gasteiger partial charge in [-0.2, -0.15) is 0 Å². The molecule has 92 valence electrons. The lowest BCUT2D eigenvalue weighted by Crippen LogP contribution is -2.22. The van der Waals surface area contributed by atoms with Gasteiger partial charge < -0.3 is 0 Å². The highest BCUT2D eigenvalue weighted by molar-refractivity contribution is 5.97. The van der Waals surface area contributed by atoms with Crippen LogP contribution in [0.25, 0.3) is 0 Å². The largest absolute Gasteiger partial charge is 0.294 e. The minimum absolute atomic E-state index is 0.0695. The first-order valence-corrected chi connectivity index (χ1v) is 6.06. The summed E-state index contributed by atoms with van der Waals surface area (Å²) in [5.74, 6) is -1.03. The maximum Gasteiger partial charge on any atom is 0.166 e. The zero-order valence-electron chi connectivity index (χ0n) is 9.88. The van der Waals surface area contributed by atoms with E-state index in [1.807, 2.05) is 0 Å². The summed E-state index contributed by atoms with van der Waals surface area (Å²) in [6.07, 6.45) is 3.83. The minimum Gasteiger partial charge on any atom is -0.294 e. The Morgan fingerprint density at radius 1 is 1.18 bits per heavy atom. The third kappa shape index (κ3) is 2.90. The van der Waals surface area contributed by atoms with E-state index in [-0.39, 0.29) is 17.3 Å². The molecule has 2 atom stereocenters. The van der Waals surface area contributed by atoms with Gasteiger partial charge in [0.2, 0.25) is 0 Å². The molecule has 1 aromatic rings. The molecule has 0 bridgehead atoms. The molecule has 1 fully saturated rings. The Kier molecular flexibility index (Phi) is 3.55. The molecule has 1 nitrogen and oxygen atoms in total. The predicted molar refractivity (Wildman–Crippen MR) is 61.8 cm³/mol. The van der Waals surface area contributed by atoms with Gasteiger partial charge in [0.05, 0.1) is 0 Å². The van der Waals surface area contributed by atoms with Crippen LogP contribution >= 0.6 is 0 Å². The van der Waals surface area contributed by atoms with Crippen molar-refractivity contribution < 1.29 is 13.6 Å². The van der Waals surface area contributed by atoms with Crippen LogP contribution in [0.4, 0.5) is 8.78 Å². The van der Waals surface area contributed by atoms with Crippen LogP contribution in [0.15, 0.2) is 18.2 Å². The molecule has 0 radical (unpaired) electrons. The SMILES string of the molecule is CC1CCCC(C(=O)c2cc(F)cc(F)c2)C1. The third-order valence-corrected chi connectivity index (χ3v) is 3.45. The van der Waals surface area contributed by atoms with Crippen LogP contribution in [0.2, 0.25) is 0 Å². The number of halogens is 2. The zero-order valence-corrected chi connectivity index (χ0v) is 9.88. The Labute approximate surface area is 99.8 Å². The van der Waals surface area contributed by atoms with E-state index >= 15 is 0 Å². The van der Waals surface area contributed by atoms with Gasteiger partial charge in [0.1, 0.15) is 11.6 Å². The van der Waals surface area contributed by atoms with Crippen molar-refractivity contribution in [1.29, 1.82) is 0 Å². The summed E-state index contributed by atoms with van der Waals surface area (Å²) in [5.41, 5.74) is 0.168. The lowest BCUT2D eigenvalue weighted by molar-refractivity contribution is 0.0867. The summed E-state index contributed by atoms with van der Waals surface area (Å²) in [6.45, 7) is 2.12. The van der Waals surface area contributed by atoms with Gasteiger partial charge in [-0.15, -0.1) is 0 Å². The van der Waals surface area contributed by atoms with Gasteiger partial charge in [0.15, 0.2) is 5.78 Å². The Bertz CT molecular complexity index is 408. The highest BCUT2D eigenvalue weighted by atomic mass is 19.1. The summed E-state index contributed by atoms with van der Waals surface area (Å²) in [7, 11) is 0. The molecular formula is C14H16F2O. The maximum atomic E-state index is 13.0. The van der Waals surface area contributed by atoms with Crippen molar-refractivity contribution >= 4 is 5.78 Å². The first-order valence-electron chi connectivity index (χ1n) is 6.06. The second-order valence-electron chi connectivity index (χ2n) is 4.99. The first-order chi connectivity index (χ1) is 8.06. The molecule has 1 aliphatic carbocycles. The lowest BCUT2D eigenvalue weighted by atomic mass is 9.79. The molecule has 1 aromatic carbocycles. The molecule has 3 heteroatoms. The van der Waals surface area contributed by atoms with E-state index in [4.69, 9.17) is 0 Å². The number of benzene rings is 1. The van der Waals surface area contributed by atoms with Crippen LogP contribution in [0.3, 0.4) is 0 Å². The van der Waals surface area contributed by atoms with Crippen LogP contribution in [-0.4, -0.2) is 5.78 Å². The van der Waals surface area contributed by atoms with E-state index in [0.717, 1.165) is 43.9 Å².